The molecule has 0 bridgehead atoms. The van der Waals surface area contributed by atoms with Gasteiger partial charge in [-0.05, 0) is 57.1 Å². The van der Waals surface area contributed by atoms with Crippen LogP contribution in [0.25, 0.3) is 0 Å². The number of likely N-dealkylation sites (tertiary alicyclic amines) is 1. The van der Waals surface area contributed by atoms with Gasteiger partial charge in [0, 0.05) is 11.6 Å². The SMILES string of the molecule is COC(=O)c1ccc(NC(=O)CN2CCC(c3nnc(C)s3)CC2)cc1. The molecule has 0 spiro atoms. The van der Waals surface area contributed by atoms with Crippen molar-refractivity contribution in [2.45, 2.75) is 25.7 Å². The Bertz CT molecular complexity index is 767. The van der Waals surface area contributed by atoms with Crippen molar-refractivity contribution in [3.8, 4) is 0 Å². The Labute approximate surface area is 156 Å². The fraction of sp³-hybridized carbons (Fsp3) is 0.444. The molecule has 1 fully saturated rings. The Morgan fingerprint density at radius 3 is 2.50 bits per heavy atom. The number of aryl methyl sites for hydroxylation is 1. The Kier molecular flexibility index (Phi) is 5.95. The number of esters is 1. The second-order valence-electron chi connectivity index (χ2n) is 6.33. The van der Waals surface area contributed by atoms with Crippen molar-refractivity contribution in [2.24, 2.45) is 0 Å². The summed E-state index contributed by atoms with van der Waals surface area (Å²) in [5, 5.41) is 13.3. The number of nitrogens with one attached hydrogen (secondary N) is 1. The fourth-order valence-corrected chi connectivity index (χ4v) is 3.89. The van der Waals surface area contributed by atoms with Crippen LogP contribution in [0.1, 0.15) is 39.1 Å². The molecular weight excluding hydrogens is 352 g/mol. The van der Waals surface area contributed by atoms with E-state index in [9.17, 15) is 9.59 Å². The summed E-state index contributed by atoms with van der Waals surface area (Å²) in [5.41, 5.74) is 1.13. The summed E-state index contributed by atoms with van der Waals surface area (Å²) in [7, 11) is 1.34. The lowest BCUT2D eigenvalue weighted by Gasteiger charge is -2.30. The molecule has 0 aliphatic carbocycles. The number of carbonyl (C=O) groups excluding carboxylic acids is 2. The molecular formula is C18H22N4O3S. The molecule has 1 N–H and O–H groups in total. The Morgan fingerprint density at radius 1 is 1.23 bits per heavy atom. The predicted molar refractivity (Wildman–Crippen MR) is 99.5 cm³/mol. The molecule has 0 atom stereocenters. The number of hydrogen-bond donors (Lipinski definition) is 1. The number of aromatic nitrogens is 2. The lowest BCUT2D eigenvalue weighted by Crippen LogP contribution is -2.38. The van der Waals surface area contributed by atoms with Crippen LogP contribution < -0.4 is 5.32 Å². The minimum Gasteiger partial charge on any atom is -0.465 e. The lowest BCUT2D eigenvalue weighted by atomic mass is 9.98. The van der Waals surface area contributed by atoms with E-state index in [1.165, 1.54) is 7.11 Å². The second kappa shape index (κ2) is 8.37. The summed E-state index contributed by atoms with van der Waals surface area (Å²) in [5.74, 6) is 0.00350. The molecule has 7 nitrogen and oxygen atoms in total. The van der Waals surface area contributed by atoms with Gasteiger partial charge in [0.15, 0.2) is 0 Å². The summed E-state index contributed by atoms with van der Waals surface area (Å²) in [6.07, 6.45) is 1.99. The van der Waals surface area contributed by atoms with Crippen LogP contribution in [-0.2, 0) is 9.53 Å². The normalized spacial score (nSPS) is 15.6. The average molecular weight is 374 g/mol. The molecule has 138 valence electrons. The molecule has 1 aliphatic heterocycles. The Hall–Kier alpha value is -2.32. The van der Waals surface area contributed by atoms with Gasteiger partial charge in [0.1, 0.15) is 10.0 Å². The minimum atomic E-state index is -0.392. The Morgan fingerprint density at radius 2 is 1.92 bits per heavy atom. The van der Waals surface area contributed by atoms with Gasteiger partial charge in [-0.25, -0.2) is 4.79 Å². The van der Waals surface area contributed by atoms with Crippen molar-refractivity contribution >= 4 is 28.9 Å². The van der Waals surface area contributed by atoms with Crippen LogP contribution in [0, 0.1) is 6.92 Å². The first-order chi connectivity index (χ1) is 12.5. The highest BCUT2D eigenvalue weighted by Crippen LogP contribution is 2.29. The van der Waals surface area contributed by atoms with Gasteiger partial charge in [-0.1, -0.05) is 0 Å². The second-order valence-corrected chi connectivity index (χ2v) is 7.54. The number of rotatable bonds is 5. The molecule has 1 aromatic heterocycles. The van der Waals surface area contributed by atoms with E-state index in [4.69, 9.17) is 0 Å². The summed E-state index contributed by atoms with van der Waals surface area (Å²) in [6, 6.07) is 6.68. The molecule has 0 saturated carbocycles. The zero-order valence-electron chi connectivity index (χ0n) is 14.9. The Balaban J connectivity index is 1.46. The van der Waals surface area contributed by atoms with Crippen molar-refractivity contribution in [3.05, 3.63) is 39.8 Å². The van der Waals surface area contributed by atoms with E-state index < -0.39 is 5.97 Å². The molecule has 1 aromatic carbocycles. The molecule has 3 rings (SSSR count). The molecule has 1 aliphatic rings. The van der Waals surface area contributed by atoms with Crippen LogP contribution in [0.5, 0.6) is 0 Å². The quantitative estimate of drug-likeness (QED) is 0.810. The van der Waals surface area contributed by atoms with Crippen LogP contribution in [0.15, 0.2) is 24.3 Å². The average Bonchev–Trinajstić information content (AvgIpc) is 3.08. The van der Waals surface area contributed by atoms with E-state index in [0.717, 1.165) is 35.9 Å². The third-order valence-corrected chi connectivity index (χ3v) is 5.44. The van der Waals surface area contributed by atoms with E-state index in [0.29, 0.717) is 23.7 Å². The van der Waals surface area contributed by atoms with Gasteiger partial charge >= 0.3 is 5.97 Å². The highest BCUT2D eigenvalue weighted by molar-refractivity contribution is 7.11. The number of ether oxygens (including phenoxy) is 1. The monoisotopic (exact) mass is 374 g/mol. The highest BCUT2D eigenvalue weighted by atomic mass is 32.1. The number of amides is 1. The van der Waals surface area contributed by atoms with Gasteiger partial charge in [-0.3, -0.25) is 9.69 Å². The largest absolute Gasteiger partial charge is 0.465 e. The number of piperidine rings is 1. The van der Waals surface area contributed by atoms with Crippen molar-refractivity contribution < 1.29 is 14.3 Å². The number of carbonyl (C=O) groups is 2. The van der Waals surface area contributed by atoms with E-state index >= 15 is 0 Å². The van der Waals surface area contributed by atoms with Crippen molar-refractivity contribution in [3.63, 3.8) is 0 Å². The molecule has 1 amide bonds. The van der Waals surface area contributed by atoms with E-state index in [1.807, 2.05) is 6.92 Å². The summed E-state index contributed by atoms with van der Waals surface area (Å²) < 4.78 is 4.66. The van der Waals surface area contributed by atoms with Crippen molar-refractivity contribution in [1.82, 2.24) is 15.1 Å². The maximum Gasteiger partial charge on any atom is 0.337 e. The fourth-order valence-electron chi connectivity index (χ4n) is 3.03. The summed E-state index contributed by atoms with van der Waals surface area (Å²) >= 11 is 1.66. The zero-order valence-corrected chi connectivity index (χ0v) is 15.7. The topological polar surface area (TPSA) is 84.4 Å². The van der Waals surface area contributed by atoms with Gasteiger partial charge in [-0.15, -0.1) is 21.5 Å². The van der Waals surface area contributed by atoms with Crippen LogP contribution >= 0.6 is 11.3 Å². The van der Waals surface area contributed by atoms with Crippen LogP contribution in [0.3, 0.4) is 0 Å². The highest BCUT2D eigenvalue weighted by Gasteiger charge is 2.24. The van der Waals surface area contributed by atoms with E-state index in [1.54, 1.807) is 35.6 Å². The van der Waals surface area contributed by atoms with Crippen molar-refractivity contribution in [1.29, 1.82) is 0 Å². The van der Waals surface area contributed by atoms with E-state index in [2.05, 4.69) is 25.2 Å². The zero-order chi connectivity index (χ0) is 18.5. The molecule has 1 saturated heterocycles. The predicted octanol–water partition coefficient (Wildman–Crippen LogP) is 2.45. The summed E-state index contributed by atoms with van der Waals surface area (Å²) in [4.78, 5) is 25.8. The third kappa shape index (κ3) is 4.64. The number of methoxy groups -OCH3 is 1. The van der Waals surface area contributed by atoms with Crippen LogP contribution in [0.2, 0.25) is 0 Å². The minimum absolute atomic E-state index is 0.0546. The van der Waals surface area contributed by atoms with Crippen molar-refractivity contribution in [2.75, 3.05) is 32.1 Å². The number of nitrogens with zero attached hydrogens (tertiary/aromatic N) is 3. The maximum absolute atomic E-state index is 12.2. The number of hydrogen-bond acceptors (Lipinski definition) is 7. The molecule has 8 heteroatoms. The molecule has 26 heavy (non-hydrogen) atoms. The molecule has 0 unspecified atom stereocenters. The first-order valence-corrected chi connectivity index (χ1v) is 9.37. The number of anilines is 1. The maximum atomic E-state index is 12.2. The standard InChI is InChI=1S/C18H22N4O3S/c1-12-20-21-17(26-12)13-7-9-22(10-8-13)11-16(23)19-15-5-3-14(4-6-15)18(24)25-2/h3-6,13H,7-11H2,1-2H3,(H,19,23). The van der Waals surface area contributed by atoms with Gasteiger partial charge in [0.05, 0.1) is 19.2 Å². The van der Waals surface area contributed by atoms with Crippen LogP contribution in [-0.4, -0.2) is 53.7 Å². The number of benzene rings is 1. The smallest absolute Gasteiger partial charge is 0.337 e. The third-order valence-electron chi connectivity index (χ3n) is 4.44. The van der Waals surface area contributed by atoms with Gasteiger partial charge in [0.25, 0.3) is 0 Å². The van der Waals surface area contributed by atoms with Gasteiger partial charge < -0.3 is 10.1 Å². The molecule has 2 aromatic rings. The van der Waals surface area contributed by atoms with Crippen LogP contribution in [0.4, 0.5) is 5.69 Å². The molecule has 2 heterocycles. The molecule has 0 radical (unpaired) electrons. The first-order valence-electron chi connectivity index (χ1n) is 8.55. The summed E-state index contributed by atoms with van der Waals surface area (Å²) in [6.45, 7) is 4.08. The van der Waals surface area contributed by atoms with Gasteiger partial charge in [-0.2, -0.15) is 0 Å². The van der Waals surface area contributed by atoms with E-state index in [-0.39, 0.29) is 5.91 Å². The first kappa shape index (κ1) is 18.5. The lowest BCUT2D eigenvalue weighted by molar-refractivity contribution is -0.117. The van der Waals surface area contributed by atoms with Gasteiger partial charge in [0.2, 0.25) is 5.91 Å².